The first-order valence-electron chi connectivity index (χ1n) is 9.38. The van der Waals surface area contributed by atoms with E-state index in [0.29, 0.717) is 23.7 Å². The number of primary amides is 1. The minimum atomic E-state index is -0.512. The van der Waals surface area contributed by atoms with Gasteiger partial charge in [0.25, 0.3) is 0 Å². The van der Waals surface area contributed by atoms with Gasteiger partial charge in [0.1, 0.15) is 17.1 Å². The molecule has 2 aromatic carbocycles. The third-order valence-electron chi connectivity index (χ3n) is 4.53. The van der Waals surface area contributed by atoms with Gasteiger partial charge in [0.15, 0.2) is 0 Å². The Morgan fingerprint density at radius 3 is 2.62 bits per heavy atom. The second-order valence-corrected chi connectivity index (χ2v) is 6.67. The van der Waals surface area contributed by atoms with Crippen LogP contribution < -0.4 is 15.8 Å². The van der Waals surface area contributed by atoms with E-state index in [1.165, 1.54) is 11.8 Å². The molecule has 4 rings (SSSR count). The number of pyridine rings is 1. The highest BCUT2D eigenvalue weighted by Crippen LogP contribution is 2.20. The Hall–Kier alpha value is -3.64. The van der Waals surface area contributed by atoms with E-state index < -0.39 is 5.91 Å². The smallest absolute Gasteiger partial charge is 0.250 e. The van der Waals surface area contributed by atoms with Crippen LogP contribution in [0.4, 0.5) is 0 Å². The number of ether oxygens (including phenoxy) is 1. The lowest BCUT2D eigenvalue weighted by atomic mass is 10.1. The summed E-state index contributed by atoms with van der Waals surface area (Å²) in [5.41, 5.74) is 7.67. The molecule has 0 unspecified atom stereocenters. The van der Waals surface area contributed by atoms with Crippen LogP contribution >= 0.6 is 0 Å². The zero-order valence-corrected chi connectivity index (χ0v) is 15.8. The van der Waals surface area contributed by atoms with Gasteiger partial charge in [-0.05, 0) is 48.9 Å². The molecule has 0 saturated heterocycles. The Morgan fingerprint density at radius 2 is 1.90 bits per heavy atom. The largest absolute Gasteiger partial charge is 0.460 e. The van der Waals surface area contributed by atoms with Gasteiger partial charge in [-0.3, -0.25) is 4.79 Å². The van der Waals surface area contributed by atoms with Crippen molar-refractivity contribution < 1.29 is 13.9 Å². The highest BCUT2D eigenvalue weighted by molar-refractivity contribution is 5.92. The number of aromatic nitrogens is 1. The predicted molar refractivity (Wildman–Crippen MR) is 111 cm³/mol. The molecular weight excluding hydrogens is 366 g/mol. The Morgan fingerprint density at radius 1 is 1.07 bits per heavy atom. The number of para-hydroxylation sites is 1. The fourth-order valence-corrected chi connectivity index (χ4v) is 3.00. The second-order valence-electron chi connectivity index (χ2n) is 6.67. The maximum atomic E-state index is 11.1. The fraction of sp³-hybridized carbons (Fsp3) is 0.130. The van der Waals surface area contributed by atoms with E-state index in [2.05, 4.69) is 16.4 Å². The molecule has 0 fully saturated rings. The zero-order valence-electron chi connectivity index (χ0n) is 15.8. The summed E-state index contributed by atoms with van der Waals surface area (Å²) in [6, 6.07) is 21.1. The Labute approximate surface area is 168 Å². The van der Waals surface area contributed by atoms with Gasteiger partial charge in [0, 0.05) is 17.6 Å². The quantitative estimate of drug-likeness (QED) is 0.445. The third-order valence-corrected chi connectivity index (χ3v) is 4.53. The van der Waals surface area contributed by atoms with Gasteiger partial charge in [0.05, 0.1) is 12.1 Å². The van der Waals surface area contributed by atoms with Gasteiger partial charge in [-0.2, -0.15) is 0 Å². The summed E-state index contributed by atoms with van der Waals surface area (Å²) in [6.45, 7) is 1.54. The number of furan rings is 1. The molecule has 146 valence electrons. The lowest BCUT2D eigenvalue weighted by Gasteiger charge is -2.07. The predicted octanol–water partition coefficient (Wildman–Crippen LogP) is 4.05. The summed E-state index contributed by atoms with van der Waals surface area (Å²) in [7, 11) is 0. The van der Waals surface area contributed by atoms with Crippen molar-refractivity contribution in [2.45, 2.75) is 13.0 Å². The molecule has 6 nitrogen and oxygen atoms in total. The molecular formula is C23H21N3O3. The molecule has 0 aliphatic heterocycles. The highest BCUT2D eigenvalue weighted by Gasteiger charge is 2.04. The number of amides is 1. The average Bonchev–Trinajstić information content (AvgIpc) is 3.16. The number of nitrogens with two attached hydrogens (primary N) is 1. The maximum absolute atomic E-state index is 11.1. The van der Waals surface area contributed by atoms with Crippen LogP contribution in [-0.4, -0.2) is 17.4 Å². The van der Waals surface area contributed by atoms with E-state index in [0.717, 1.165) is 29.7 Å². The number of fused-ring (bicyclic) bond motifs is 1. The number of hydrogen-bond acceptors (Lipinski definition) is 5. The number of benzene rings is 2. The number of rotatable bonds is 8. The third kappa shape index (κ3) is 4.80. The van der Waals surface area contributed by atoms with E-state index in [-0.39, 0.29) is 0 Å². The highest BCUT2D eigenvalue weighted by atomic mass is 16.5. The van der Waals surface area contributed by atoms with Crippen LogP contribution in [0.15, 0.2) is 77.3 Å². The van der Waals surface area contributed by atoms with Crippen molar-refractivity contribution in [1.82, 2.24) is 10.3 Å². The Bertz CT molecular complexity index is 1070. The molecule has 2 aromatic heterocycles. The first-order chi connectivity index (χ1) is 14.2. The summed E-state index contributed by atoms with van der Waals surface area (Å²) in [6.07, 6.45) is 2.30. The van der Waals surface area contributed by atoms with Crippen molar-refractivity contribution in [3.8, 4) is 11.6 Å². The molecule has 0 saturated carbocycles. The number of hydrogen-bond donors (Lipinski definition) is 2. The molecule has 3 N–H and O–H groups in total. The van der Waals surface area contributed by atoms with Crippen molar-refractivity contribution in [3.63, 3.8) is 0 Å². The van der Waals surface area contributed by atoms with Crippen LogP contribution in [0, 0.1) is 0 Å². The molecule has 2 heterocycles. The van der Waals surface area contributed by atoms with Crippen molar-refractivity contribution in [2.24, 2.45) is 5.73 Å². The Balaban J connectivity index is 1.25. The minimum absolute atomic E-state index is 0.350. The van der Waals surface area contributed by atoms with E-state index >= 15 is 0 Å². The lowest BCUT2D eigenvalue weighted by Crippen LogP contribution is -2.16. The van der Waals surface area contributed by atoms with E-state index in [9.17, 15) is 4.79 Å². The number of carbonyl (C=O) groups excluding carboxylic acids is 1. The van der Waals surface area contributed by atoms with Crippen LogP contribution in [0.3, 0.4) is 0 Å². The monoisotopic (exact) mass is 387 g/mol. The van der Waals surface area contributed by atoms with E-state index in [4.69, 9.17) is 14.9 Å². The molecule has 0 atom stereocenters. The van der Waals surface area contributed by atoms with Crippen LogP contribution in [0.5, 0.6) is 11.6 Å². The van der Waals surface area contributed by atoms with Gasteiger partial charge in [-0.1, -0.05) is 30.3 Å². The number of nitrogens with one attached hydrogen (secondary N) is 1. The van der Waals surface area contributed by atoms with Gasteiger partial charge in [-0.15, -0.1) is 0 Å². The summed E-state index contributed by atoms with van der Waals surface area (Å²) in [5.74, 6) is 1.52. The van der Waals surface area contributed by atoms with E-state index in [1.807, 2.05) is 48.5 Å². The second kappa shape index (κ2) is 8.58. The normalized spacial score (nSPS) is 10.9. The first kappa shape index (κ1) is 18.7. The number of carbonyl (C=O) groups is 1. The first-order valence-corrected chi connectivity index (χ1v) is 9.38. The summed E-state index contributed by atoms with van der Waals surface area (Å²) >= 11 is 0. The van der Waals surface area contributed by atoms with Crippen LogP contribution in [-0.2, 0) is 13.0 Å². The summed E-state index contributed by atoms with van der Waals surface area (Å²) in [4.78, 5) is 15.1. The average molecular weight is 387 g/mol. The minimum Gasteiger partial charge on any atom is -0.460 e. The van der Waals surface area contributed by atoms with Gasteiger partial charge in [0.2, 0.25) is 11.8 Å². The molecule has 4 aromatic rings. The summed E-state index contributed by atoms with van der Waals surface area (Å²) < 4.78 is 11.5. The lowest BCUT2D eigenvalue weighted by molar-refractivity contribution is 0.1000. The van der Waals surface area contributed by atoms with Crippen LogP contribution in [0.1, 0.15) is 21.7 Å². The Kier molecular flexibility index (Phi) is 5.54. The standard InChI is InChI=1S/C23H21N3O3/c24-23(27)18-7-10-22(26-14-18)29-19-8-5-16(6-9-19)11-12-25-15-20-13-17-3-1-2-4-21(17)28-20/h1-10,13-14,25H,11-12,15H2,(H2,24,27). The van der Waals surface area contributed by atoms with E-state index in [1.54, 1.807) is 12.1 Å². The van der Waals surface area contributed by atoms with Gasteiger partial charge < -0.3 is 20.2 Å². The molecule has 6 heteroatoms. The van der Waals surface area contributed by atoms with Crippen LogP contribution in [0.25, 0.3) is 11.0 Å². The molecule has 0 aliphatic rings. The van der Waals surface area contributed by atoms with Gasteiger partial charge >= 0.3 is 0 Å². The molecule has 0 aliphatic carbocycles. The molecule has 29 heavy (non-hydrogen) atoms. The molecule has 0 radical (unpaired) electrons. The maximum Gasteiger partial charge on any atom is 0.250 e. The van der Waals surface area contributed by atoms with Crippen molar-refractivity contribution in [2.75, 3.05) is 6.54 Å². The topological polar surface area (TPSA) is 90.4 Å². The molecule has 1 amide bonds. The summed E-state index contributed by atoms with van der Waals surface area (Å²) in [5, 5.41) is 4.53. The van der Waals surface area contributed by atoms with Crippen molar-refractivity contribution in [1.29, 1.82) is 0 Å². The molecule has 0 spiro atoms. The SMILES string of the molecule is NC(=O)c1ccc(Oc2ccc(CCNCc3cc4ccccc4o3)cc2)nc1. The van der Waals surface area contributed by atoms with Crippen molar-refractivity contribution in [3.05, 3.63) is 89.8 Å². The fourth-order valence-electron chi connectivity index (χ4n) is 3.00. The van der Waals surface area contributed by atoms with Crippen LogP contribution in [0.2, 0.25) is 0 Å². The number of nitrogens with zero attached hydrogens (tertiary/aromatic N) is 1. The van der Waals surface area contributed by atoms with Gasteiger partial charge in [-0.25, -0.2) is 4.98 Å². The van der Waals surface area contributed by atoms with Crippen molar-refractivity contribution >= 4 is 16.9 Å². The zero-order chi connectivity index (χ0) is 20.1. The molecule has 0 bridgehead atoms.